The lowest BCUT2D eigenvalue weighted by Gasteiger charge is -2.43. The van der Waals surface area contributed by atoms with Crippen molar-refractivity contribution in [3.05, 3.63) is 28.8 Å². The van der Waals surface area contributed by atoms with E-state index in [-0.39, 0.29) is 18.0 Å². The average Bonchev–Trinajstić information content (AvgIpc) is 2.13. The number of hydrogen-bond donors (Lipinski definition) is 1. The first kappa shape index (κ1) is 12.8. The van der Waals surface area contributed by atoms with Gasteiger partial charge in [0.05, 0.1) is 10.5 Å². The van der Waals surface area contributed by atoms with Crippen LogP contribution in [0.1, 0.15) is 12.5 Å². The summed E-state index contributed by atoms with van der Waals surface area (Å²) in [4.78, 5) is 0.248. The van der Waals surface area contributed by atoms with Crippen molar-refractivity contribution < 1.29 is 13.5 Å². The van der Waals surface area contributed by atoms with Crippen LogP contribution < -0.4 is 0 Å². The number of sulfonamides is 1. The fourth-order valence-electron chi connectivity index (χ4n) is 1.92. The van der Waals surface area contributed by atoms with Crippen molar-refractivity contribution in [2.24, 2.45) is 0 Å². The number of aryl methyl sites for hydroxylation is 1. The highest BCUT2D eigenvalue weighted by atomic mass is 35.5. The first-order valence-corrected chi connectivity index (χ1v) is 7.03. The molecule has 1 N–H and O–H groups in total. The second-order valence-electron chi connectivity index (χ2n) is 4.68. The molecule has 1 saturated heterocycles. The molecular formula is C11H14ClNO3S. The van der Waals surface area contributed by atoms with E-state index in [2.05, 4.69) is 0 Å². The number of halogens is 1. The lowest BCUT2D eigenvalue weighted by molar-refractivity contribution is -0.0426. The van der Waals surface area contributed by atoms with Crippen LogP contribution in [0.15, 0.2) is 23.1 Å². The van der Waals surface area contributed by atoms with E-state index in [1.807, 2.05) is 0 Å². The Morgan fingerprint density at radius 3 is 2.47 bits per heavy atom. The predicted octanol–water partition coefficient (Wildman–Crippen LogP) is 1.40. The number of aliphatic hydroxyl groups is 1. The Labute approximate surface area is 106 Å². The van der Waals surface area contributed by atoms with Crippen molar-refractivity contribution in [2.45, 2.75) is 24.3 Å². The Morgan fingerprint density at radius 1 is 1.41 bits per heavy atom. The van der Waals surface area contributed by atoms with E-state index in [1.165, 1.54) is 10.4 Å². The van der Waals surface area contributed by atoms with Crippen LogP contribution in [0.25, 0.3) is 0 Å². The predicted molar refractivity (Wildman–Crippen MR) is 65.6 cm³/mol. The van der Waals surface area contributed by atoms with E-state index in [0.29, 0.717) is 10.6 Å². The summed E-state index contributed by atoms with van der Waals surface area (Å²) in [6.45, 7) is 3.60. The molecule has 0 aliphatic carbocycles. The summed E-state index contributed by atoms with van der Waals surface area (Å²) in [7, 11) is -3.51. The summed E-state index contributed by atoms with van der Waals surface area (Å²) in [6, 6.07) is 4.67. The van der Waals surface area contributed by atoms with Crippen molar-refractivity contribution >= 4 is 21.6 Å². The molecule has 0 amide bonds. The van der Waals surface area contributed by atoms with Gasteiger partial charge in [0.1, 0.15) is 0 Å². The van der Waals surface area contributed by atoms with Crippen molar-refractivity contribution in [3.63, 3.8) is 0 Å². The van der Waals surface area contributed by atoms with Crippen LogP contribution >= 0.6 is 11.6 Å². The molecule has 0 spiro atoms. The third kappa shape index (κ3) is 2.33. The minimum atomic E-state index is -3.51. The Morgan fingerprint density at radius 2 is 2.00 bits per heavy atom. The first-order valence-electron chi connectivity index (χ1n) is 5.21. The topological polar surface area (TPSA) is 57.6 Å². The van der Waals surface area contributed by atoms with Crippen LogP contribution in [-0.4, -0.2) is 36.5 Å². The Kier molecular flexibility index (Phi) is 2.98. The zero-order chi connectivity index (χ0) is 12.8. The molecule has 0 bridgehead atoms. The first-order chi connectivity index (χ1) is 7.72. The van der Waals surface area contributed by atoms with Gasteiger partial charge in [-0.15, -0.1) is 0 Å². The van der Waals surface area contributed by atoms with E-state index < -0.39 is 15.6 Å². The summed E-state index contributed by atoms with van der Waals surface area (Å²) in [5.41, 5.74) is -0.294. The Balaban J connectivity index is 2.34. The maximum absolute atomic E-state index is 12.2. The third-order valence-corrected chi connectivity index (χ3v) is 4.98. The minimum Gasteiger partial charge on any atom is -0.387 e. The molecule has 0 radical (unpaired) electrons. The van der Waals surface area contributed by atoms with E-state index in [9.17, 15) is 13.5 Å². The monoisotopic (exact) mass is 275 g/mol. The van der Waals surface area contributed by atoms with E-state index in [1.54, 1.807) is 26.0 Å². The molecule has 1 aromatic rings. The van der Waals surface area contributed by atoms with Crippen LogP contribution in [0.4, 0.5) is 0 Å². The number of β-amino-alcohol motifs (C(OH)–C–C–N with tert-alkyl or cyclic N) is 1. The largest absolute Gasteiger partial charge is 0.387 e. The summed E-state index contributed by atoms with van der Waals surface area (Å²) in [5, 5.41) is 10.1. The lowest BCUT2D eigenvalue weighted by atomic mass is 10.0. The van der Waals surface area contributed by atoms with Crippen LogP contribution in [0.5, 0.6) is 0 Å². The van der Waals surface area contributed by atoms with Crippen molar-refractivity contribution in [1.29, 1.82) is 0 Å². The molecule has 94 valence electrons. The van der Waals surface area contributed by atoms with Gasteiger partial charge in [-0.05, 0) is 37.6 Å². The smallest absolute Gasteiger partial charge is 0.243 e. The Bertz CT molecular complexity index is 546. The number of hydrogen-bond acceptors (Lipinski definition) is 3. The number of rotatable bonds is 2. The highest BCUT2D eigenvalue weighted by Gasteiger charge is 2.44. The van der Waals surface area contributed by atoms with Crippen molar-refractivity contribution in [3.8, 4) is 0 Å². The second kappa shape index (κ2) is 3.95. The molecule has 1 heterocycles. The van der Waals surface area contributed by atoms with Gasteiger partial charge in [0, 0.05) is 18.1 Å². The standard InChI is InChI=1S/C11H14ClNO3S/c1-8-5-9(12)3-4-10(8)17(15,16)13-6-11(2,14)7-13/h3-5,14H,6-7H2,1-2H3. The van der Waals surface area contributed by atoms with Crippen molar-refractivity contribution in [1.82, 2.24) is 4.31 Å². The van der Waals surface area contributed by atoms with E-state index in [4.69, 9.17) is 11.6 Å². The number of nitrogens with zero attached hydrogens (tertiary/aromatic N) is 1. The van der Waals surface area contributed by atoms with Gasteiger partial charge in [0.15, 0.2) is 0 Å². The van der Waals surface area contributed by atoms with Gasteiger partial charge in [-0.3, -0.25) is 0 Å². The number of benzene rings is 1. The zero-order valence-corrected chi connectivity index (χ0v) is 11.2. The van der Waals surface area contributed by atoms with Gasteiger partial charge < -0.3 is 5.11 Å². The molecule has 0 aromatic heterocycles. The minimum absolute atomic E-state index is 0.136. The quantitative estimate of drug-likeness (QED) is 0.888. The van der Waals surface area contributed by atoms with Crippen LogP contribution in [0.3, 0.4) is 0 Å². The van der Waals surface area contributed by atoms with E-state index in [0.717, 1.165) is 0 Å². The molecule has 6 heteroatoms. The fraction of sp³-hybridized carbons (Fsp3) is 0.455. The average molecular weight is 276 g/mol. The molecule has 0 atom stereocenters. The summed E-state index contributed by atoms with van der Waals surface area (Å²) in [5.74, 6) is 0. The molecule has 0 unspecified atom stereocenters. The van der Waals surface area contributed by atoms with Crippen LogP contribution in [0.2, 0.25) is 5.02 Å². The lowest BCUT2D eigenvalue weighted by Crippen LogP contribution is -2.61. The summed E-state index contributed by atoms with van der Waals surface area (Å²) in [6.07, 6.45) is 0. The highest BCUT2D eigenvalue weighted by molar-refractivity contribution is 7.89. The molecule has 2 rings (SSSR count). The SMILES string of the molecule is Cc1cc(Cl)ccc1S(=O)(=O)N1CC(C)(O)C1. The van der Waals surface area contributed by atoms with Gasteiger partial charge >= 0.3 is 0 Å². The van der Waals surface area contributed by atoms with Gasteiger partial charge in [-0.2, -0.15) is 4.31 Å². The fourth-order valence-corrected chi connectivity index (χ4v) is 4.03. The third-order valence-electron chi connectivity index (χ3n) is 2.79. The molecule has 1 aliphatic heterocycles. The highest BCUT2D eigenvalue weighted by Crippen LogP contribution is 2.29. The maximum atomic E-state index is 12.2. The van der Waals surface area contributed by atoms with Gasteiger partial charge in [0.2, 0.25) is 10.0 Å². The summed E-state index contributed by atoms with van der Waals surface area (Å²) >= 11 is 5.79. The normalized spacial score (nSPS) is 20.0. The molecule has 1 aliphatic rings. The van der Waals surface area contributed by atoms with Gasteiger partial charge in [-0.25, -0.2) is 8.42 Å². The molecule has 1 aromatic carbocycles. The van der Waals surface area contributed by atoms with E-state index >= 15 is 0 Å². The summed E-state index contributed by atoms with van der Waals surface area (Å²) < 4.78 is 25.7. The molecule has 0 saturated carbocycles. The molecule has 17 heavy (non-hydrogen) atoms. The Hall–Kier alpha value is -0.620. The zero-order valence-electron chi connectivity index (χ0n) is 9.64. The van der Waals surface area contributed by atoms with Crippen LogP contribution in [-0.2, 0) is 10.0 Å². The molecule has 4 nitrogen and oxygen atoms in total. The molecule has 1 fully saturated rings. The van der Waals surface area contributed by atoms with Crippen LogP contribution in [0, 0.1) is 6.92 Å². The van der Waals surface area contributed by atoms with Crippen molar-refractivity contribution in [2.75, 3.05) is 13.1 Å². The molecular weight excluding hydrogens is 262 g/mol. The van der Waals surface area contributed by atoms with Gasteiger partial charge in [-0.1, -0.05) is 11.6 Å². The second-order valence-corrected chi connectivity index (χ2v) is 7.02. The maximum Gasteiger partial charge on any atom is 0.243 e. The van der Waals surface area contributed by atoms with Gasteiger partial charge in [0.25, 0.3) is 0 Å².